The number of nitrogens with zero attached hydrogens (tertiary/aromatic N) is 4. The van der Waals surface area contributed by atoms with Crippen LogP contribution in [-0.2, 0) is 10.2 Å². The molecule has 0 spiro atoms. The van der Waals surface area contributed by atoms with Crippen molar-refractivity contribution in [3.05, 3.63) is 47.9 Å². The van der Waals surface area contributed by atoms with E-state index in [9.17, 15) is 9.59 Å². The van der Waals surface area contributed by atoms with Gasteiger partial charge in [0.25, 0.3) is 5.91 Å². The molecule has 1 aliphatic rings. The minimum atomic E-state index is -0.270. The van der Waals surface area contributed by atoms with Gasteiger partial charge in [0, 0.05) is 37.9 Å². The molecule has 2 aromatic rings. The molecule has 0 radical (unpaired) electrons. The number of carbonyl (C=O) groups excluding carboxylic acids is 2. The molecule has 0 bridgehead atoms. The Kier molecular flexibility index (Phi) is 5.39. The highest BCUT2D eigenvalue weighted by molar-refractivity contribution is 6.03. The molecule has 0 saturated carbocycles. The average Bonchev–Trinajstić information content (AvgIpc) is 2.68. The highest BCUT2D eigenvalue weighted by Gasteiger charge is 2.19. The lowest BCUT2D eigenvalue weighted by atomic mass is 9.87. The van der Waals surface area contributed by atoms with Crippen molar-refractivity contribution in [3.8, 4) is 0 Å². The van der Waals surface area contributed by atoms with Crippen LogP contribution < -0.4 is 10.2 Å². The lowest BCUT2D eigenvalue weighted by Gasteiger charge is -2.33. The Bertz CT molecular complexity index is 806. The summed E-state index contributed by atoms with van der Waals surface area (Å²) in [6, 6.07) is 9.54. The molecule has 1 saturated heterocycles. The Labute approximate surface area is 159 Å². The van der Waals surface area contributed by atoms with Gasteiger partial charge >= 0.3 is 0 Å². The minimum absolute atomic E-state index is 0.0674. The van der Waals surface area contributed by atoms with Crippen molar-refractivity contribution in [1.82, 2.24) is 14.9 Å². The molecule has 7 heteroatoms. The Morgan fingerprint density at radius 1 is 1.07 bits per heavy atom. The maximum absolute atomic E-state index is 12.6. The number of benzene rings is 1. The number of hydrogen-bond donors (Lipinski definition) is 1. The monoisotopic (exact) mass is 367 g/mol. The zero-order valence-electron chi connectivity index (χ0n) is 16.0. The second kappa shape index (κ2) is 7.73. The van der Waals surface area contributed by atoms with Crippen LogP contribution in [0, 0.1) is 0 Å². The molecule has 0 atom stereocenters. The largest absolute Gasteiger partial charge is 0.353 e. The first-order valence-corrected chi connectivity index (χ1v) is 9.05. The number of aromatic nitrogens is 2. The van der Waals surface area contributed by atoms with Gasteiger partial charge < -0.3 is 15.1 Å². The van der Waals surface area contributed by atoms with Crippen LogP contribution >= 0.6 is 0 Å². The fourth-order valence-corrected chi connectivity index (χ4v) is 2.95. The van der Waals surface area contributed by atoms with Crippen LogP contribution in [-0.4, -0.2) is 53.4 Å². The molecular formula is C20H25N5O2. The fourth-order valence-electron chi connectivity index (χ4n) is 2.95. The van der Waals surface area contributed by atoms with Crippen LogP contribution in [0.1, 0.15) is 36.8 Å². The first-order chi connectivity index (χ1) is 12.9. The predicted molar refractivity (Wildman–Crippen MR) is 105 cm³/mol. The van der Waals surface area contributed by atoms with Crippen molar-refractivity contribution in [2.24, 2.45) is 0 Å². The smallest absolute Gasteiger partial charge is 0.274 e. The van der Waals surface area contributed by atoms with E-state index in [1.165, 1.54) is 11.9 Å². The molecule has 2 heterocycles. The molecule has 1 aliphatic heterocycles. The van der Waals surface area contributed by atoms with Crippen LogP contribution in [0.25, 0.3) is 0 Å². The van der Waals surface area contributed by atoms with Gasteiger partial charge in [-0.1, -0.05) is 32.9 Å². The number of piperazine rings is 1. The van der Waals surface area contributed by atoms with Gasteiger partial charge in [-0.3, -0.25) is 9.59 Å². The summed E-state index contributed by atoms with van der Waals surface area (Å²) in [4.78, 5) is 35.5. The van der Waals surface area contributed by atoms with E-state index in [4.69, 9.17) is 0 Å². The summed E-state index contributed by atoms with van der Waals surface area (Å²) < 4.78 is 0. The molecule has 27 heavy (non-hydrogen) atoms. The number of hydrogen-bond acceptors (Lipinski definition) is 5. The molecular weight excluding hydrogens is 342 g/mol. The average molecular weight is 367 g/mol. The van der Waals surface area contributed by atoms with E-state index in [0.717, 1.165) is 12.1 Å². The van der Waals surface area contributed by atoms with E-state index in [1.807, 2.05) is 24.3 Å². The Balaban J connectivity index is 1.68. The van der Waals surface area contributed by atoms with E-state index in [-0.39, 0.29) is 11.3 Å². The molecule has 1 aromatic carbocycles. The van der Waals surface area contributed by atoms with Crippen LogP contribution in [0.4, 0.5) is 11.5 Å². The van der Waals surface area contributed by atoms with Gasteiger partial charge in [-0.05, 0) is 23.1 Å². The van der Waals surface area contributed by atoms with Crippen molar-refractivity contribution in [1.29, 1.82) is 0 Å². The fraction of sp³-hybridized carbons (Fsp3) is 0.400. The van der Waals surface area contributed by atoms with Crippen molar-refractivity contribution < 1.29 is 9.59 Å². The topological polar surface area (TPSA) is 78.4 Å². The standard InChI is InChI=1S/C20H25N5O2/c1-20(2,3)15-4-6-16(7-5-15)23-19(27)17-12-18(22-13-21-17)25-10-8-24(14-26)9-11-25/h4-7,12-14H,8-11H2,1-3H3,(H,23,27). The van der Waals surface area contributed by atoms with Crippen LogP contribution in [0.5, 0.6) is 0 Å². The predicted octanol–water partition coefficient (Wildman–Crippen LogP) is 2.30. The molecule has 1 N–H and O–H groups in total. The molecule has 0 unspecified atom stereocenters. The van der Waals surface area contributed by atoms with Crippen LogP contribution in [0.15, 0.2) is 36.7 Å². The summed E-state index contributed by atoms with van der Waals surface area (Å²) in [6.07, 6.45) is 2.26. The van der Waals surface area contributed by atoms with Gasteiger partial charge in [0.05, 0.1) is 0 Å². The van der Waals surface area contributed by atoms with Gasteiger partial charge in [0.15, 0.2) is 0 Å². The first-order valence-electron chi connectivity index (χ1n) is 9.05. The van der Waals surface area contributed by atoms with Gasteiger partial charge in [-0.15, -0.1) is 0 Å². The lowest BCUT2D eigenvalue weighted by molar-refractivity contribution is -0.118. The quantitative estimate of drug-likeness (QED) is 0.839. The summed E-state index contributed by atoms with van der Waals surface area (Å²) in [5.41, 5.74) is 2.32. The van der Waals surface area contributed by atoms with Gasteiger partial charge in [0.2, 0.25) is 6.41 Å². The maximum atomic E-state index is 12.6. The number of amides is 2. The summed E-state index contributed by atoms with van der Waals surface area (Å²) in [5.74, 6) is 0.428. The van der Waals surface area contributed by atoms with Crippen molar-refractivity contribution in [3.63, 3.8) is 0 Å². The Morgan fingerprint density at radius 3 is 2.33 bits per heavy atom. The van der Waals surface area contributed by atoms with E-state index in [1.54, 1.807) is 11.0 Å². The second-order valence-corrected chi connectivity index (χ2v) is 7.67. The van der Waals surface area contributed by atoms with E-state index in [0.29, 0.717) is 37.7 Å². The highest BCUT2D eigenvalue weighted by atomic mass is 16.2. The third-order valence-corrected chi connectivity index (χ3v) is 4.68. The van der Waals surface area contributed by atoms with Crippen molar-refractivity contribution in [2.75, 3.05) is 36.4 Å². The summed E-state index contributed by atoms with van der Waals surface area (Å²) in [6.45, 7) is 9.12. The lowest BCUT2D eigenvalue weighted by Crippen LogP contribution is -2.46. The maximum Gasteiger partial charge on any atom is 0.274 e. The number of nitrogens with one attached hydrogen (secondary N) is 1. The highest BCUT2D eigenvalue weighted by Crippen LogP contribution is 2.23. The van der Waals surface area contributed by atoms with Crippen LogP contribution in [0.3, 0.4) is 0 Å². The Morgan fingerprint density at radius 2 is 1.74 bits per heavy atom. The number of rotatable bonds is 4. The van der Waals surface area contributed by atoms with Gasteiger partial charge in [0.1, 0.15) is 17.8 Å². The minimum Gasteiger partial charge on any atom is -0.353 e. The molecule has 1 aromatic heterocycles. The molecule has 2 amide bonds. The third-order valence-electron chi connectivity index (χ3n) is 4.68. The van der Waals surface area contributed by atoms with E-state index >= 15 is 0 Å². The molecule has 142 valence electrons. The zero-order valence-corrected chi connectivity index (χ0v) is 16.0. The SMILES string of the molecule is CC(C)(C)c1ccc(NC(=O)c2cc(N3CCN(C=O)CC3)ncn2)cc1. The zero-order chi connectivity index (χ0) is 19.4. The van der Waals surface area contributed by atoms with Crippen molar-refractivity contribution >= 4 is 23.8 Å². The van der Waals surface area contributed by atoms with Crippen molar-refractivity contribution in [2.45, 2.75) is 26.2 Å². The van der Waals surface area contributed by atoms with E-state index in [2.05, 4.69) is 41.0 Å². The number of carbonyl (C=O) groups is 2. The molecule has 1 fully saturated rings. The van der Waals surface area contributed by atoms with E-state index < -0.39 is 0 Å². The first kappa shape index (κ1) is 18.8. The normalized spacial score (nSPS) is 14.8. The molecule has 0 aliphatic carbocycles. The van der Waals surface area contributed by atoms with Crippen LogP contribution in [0.2, 0.25) is 0 Å². The van der Waals surface area contributed by atoms with Gasteiger partial charge in [-0.25, -0.2) is 9.97 Å². The molecule has 3 rings (SSSR count). The summed E-state index contributed by atoms with van der Waals surface area (Å²) >= 11 is 0. The number of anilines is 2. The third kappa shape index (κ3) is 4.61. The summed E-state index contributed by atoms with van der Waals surface area (Å²) in [7, 11) is 0. The molecule has 7 nitrogen and oxygen atoms in total. The second-order valence-electron chi connectivity index (χ2n) is 7.67. The summed E-state index contributed by atoms with van der Waals surface area (Å²) in [5, 5.41) is 2.88. The Hall–Kier alpha value is -2.96. The van der Waals surface area contributed by atoms with Gasteiger partial charge in [-0.2, -0.15) is 0 Å².